The van der Waals surface area contributed by atoms with Gasteiger partial charge in [-0.3, -0.25) is 9.55 Å². The van der Waals surface area contributed by atoms with Gasteiger partial charge in [-0.05, 0) is 30.7 Å². The zero-order chi connectivity index (χ0) is 11.8. The normalized spacial score (nSPS) is 10.9. The molecule has 0 bridgehead atoms. The molecule has 0 aliphatic heterocycles. The number of hydrogen-bond acceptors (Lipinski definition) is 2. The fourth-order valence-electron chi connectivity index (χ4n) is 2.06. The Bertz CT molecular complexity index is 725. The van der Waals surface area contributed by atoms with Gasteiger partial charge in [0.1, 0.15) is 0 Å². The first-order valence-corrected chi connectivity index (χ1v) is 5.38. The molecule has 2 aromatic heterocycles. The summed E-state index contributed by atoms with van der Waals surface area (Å²) in [6.45, 7) is 1.99. The van der Waals surface area contributed by atoms with E-state index in [1.54, 1.807) is 17.0 Å². The highest BCUT2D eigenvalue weighted by Gasteiger charge is 2.09. The summed E-state index contributed by atoms with van der Waals surface area (Å²) in [6, 6.07) is 9.51. The third-order valence-corrected chi connectivity index (χ3v) is 2.81. The number of benzene rings is 1. The number of pyridine rings is 1. The maximum Gasteiger partial charge on any atom is 0.331 e. The molecule has 0 aliphatic carbocycles. The molecule has 0 amide bonds. The lowest BCUT2D eigenvalue weighted by Crippen LogP contribution is -2.14. The number of hydrogen-bond donors (Lipinski definition) is 1. The van der Waals surface area contributed by atoms with Crippen molar-refractivity contribution in [2.24, 2.45) is 0 Å². The molecule has 0 saturated heterocycles. The smallest absolute Gasteiger partial charge is 0.305 e. The number of imidazole rings is 1. The number of para-hydroxylation sites is 1. The summed E-state index contributed by atoms with van der Waals surface area (Å²) in [4.78, 5) is 18.9. The fourth-order valence-corrected chi connectivity index (χ4v) is 2.06. The molecule has 4 nitrogen and oxygen atoms in total. The Morgan fingerprint density at radius 3 is 2.88 bits per heavy atom. The molecule has 0 unspecified atom stereocenters. The van der Waals surface area contributed by atoms with Crippen LogP contribution < -0.4 is 5.69 Å². The van der Waals surface area contributed by atoms with Crippen molar-refractivity contribution in [1.29, 1.82) is 0 Å². The van der Waals surface area contributed by atoms with Gasteiger partial charge in [-0.25, -0.2) is 4.79 Å². The van der Waals surface area contributed by atoms with Gasteiger partial charge < -0.3 is 4.98 Å². The second-order valence-electron chi connectivity index (χ2n) is 3.95. The predicted molar refractivity (Wildman–Crippen MR) is 66.4 cm³/mol. The summed E-state index contributed by atoms with van der Waals surface area (Å²) < 4.78 is 1.65. The van der Waals surface area contributed by atoms with Gasteiger partial charge in [0.15, 0.2) is 0 Å². The first-order chi connectivity index (χ1) is 8.27. The van der Waals surface area contributed by atoms with E-state index in [4.69, 9.17) is 0 Å². The van der Waals surface area contributed by atoms with Gasteiger partial charge in [0.05, 0.1) is 22.9 Å². The minimum absolute atomic E-state index is 0.137. The van der Waals surface area contributed by atoms with Crippen LogP contribution in [0.15, 0.2) is 47.5 Å². The second-order valence-corrected chi connectivity index (χ2v) is 3.95. The van der Waals surface area contributed by atoms with Crippen molar-refractivity contribution in [3.63, 3.8) is 0 Å². The maximum absolute atomic E-state index is 12.0. The van der Waals surface area contributed by atoms with Crippen LogP contribution in [0.4, 0.5) is 0 Å². The third kappa shape index (κ3) is 1.45. The van der Waals surface area contributed by atoms with Crippen molar-refractivity contribution < 1.29 is 0 Å². The fraction of sp³-hybridized carbons (Fsp3) is 0.0769. The number of fused-ring (bicyclic) bond motifs is 1. The molecule has 1 N–H and O–H groups in total. The van der Waals surface area contributed by atoms with Gasteiger partial charge in [-0.15, -0.1) is 0 Å². The molecule has 0 atom stereocenters. The average Bonchev–Trinajstić information content (AvgIpc) is 2.68. The van der Waals surface area contributed by atoms with E-state index in [0.717, 1.165) is 22.3 Å². The van der Waals surface area contributed by atoms with E-state index < -0.39 is 0 Å². The van der Waals surface area contributed by atoms with Gasteiger partial charge in [0.25, 0.3) is 0 Å². The van der Waals surface area contributed by atoms with Crippen molar-refractivity contribution in [2.75, 3.05) is 0 Å². The summed E-state index contributed by atoms with van der Waals surface area (Å²) in [5.74, 6) is 0. The summed E-state index contributed by atoms with van der Waals surface area (Å²) in [5.41, 5.74) is 3.45. The quantitative estimate of drug-likeness (QED) is 0.688. The lowest BCUT2D eigenvalue weighted by molar-refractivity contribution is 1.00. The van der Waals surface area contributed by atoms with Crippen LogP contribution in [-0.4, -0.2) is 14.5 Å². The molecule has 17 heavy (non-hydrogen) atoms. The highest BCUT2D eigenvalue weighted by atomic mass is 16.1. The lowest BCUT2D eigenvalue weighted by Gasteiger charge is -2.04. The molecule has 4 heteroatoms. The molecular weight excluding hydrogens is 214 g/mol. The molecule has 84 valence electrons. The number of rotatable bonds is 1. The SMILES string of the molecule is Cc1cccc2[nH]c(=O)n(-c3cccnc3)c12. The van der Waals surface area contributed by atoms with E-state index in [-0.39, 0.29) is 5.69 Å². The highest BCUT2D eigenvalue weighted by molar-refractivity contribution is 5.80. The Labute approximate surface area is 97.6 Å². The number of nitrogens with zero attached hydrogens (tertiary/aromatic N) is 2. The molecule has 3 rings (SSSR count). The summed E-state index contributed by atoms with van der Waals surface area (Å²) >= 11 is 0. The number of nitrogens with one attached hydrogen (secondary N) is 1. The topological polar surface area (TPSA) is 50.7 Å². The molecule has 0 spiro atoms. The summed E-state index contributed by atoms with van der Waals surface area (Å²) in [7, 11) is 0. The number of aryl methyl sites for hydroxylation is 1. The van der Waals surface area contributed by atoms with Crippen LogP contribution in [-0.2, 0) is 0 Å². The number of H-pyrrole nitrogens is 1. The Morgan fingerprint density at radius 2 is 2.12 bits per heavy atom. The van der Waals surface area contributed by atoms with E-state index in [1.807, 2.05) is 37.3 Å². The molecule has 0 fully saturated rings. The predicted octanol–water partition coefficient (Wildman–Crippen LogP) is 2.02. The van der Waals surface area contributed by atoms with E-state index in [2.05, 4.69) is 9.97 Å². The highest BCUT2D eigenvalue weighted by Crippen LogP contribution is 2.18. The molecule has 2 heterocycles. The zero-order valence-corrected chi connectivity index (χ0v) is 9.34. The largest absolute Gasteiger partial charge is 0.331 e. The minimum atomic E-state index is -0.137. The van der Waals surface area contributed by atoms with Gasteiger partial charge in [-0.1, -0.05) is 12.1 Å². The van der Waals surface area contributed by atoms with Crippen LogP contribution in [0.5, 0.6) is 0 Å². The zero-order valence-electron chi connectivity index (χ0n) is 9.34. The van der Waals surface area contributed by atoms with E-state index in [1.165, 1.54) is 0 Å². The minimum Gasteiger partial charge on any atom is -0.305 e. The first kappa shape index (κ1) is 9.84. The van der Waals surface area contributed by atoms with Gasteiger partial charge in [-0.2, -0.15) is 0 Å². The van der Waals surface area contributed by atoms with E-state index in [0.29, 0.717) is 0 Å². The molecule has 0 aliphatic rings. The van der Waals surface area contributed by atoms with Crippen LogP contribution >= 0.6 is 0 Å². The van der Waals surface area contributed by atoms with Crippen molar-refractivity contribution in [3.8, 4) is 5.69 Å². The van der Waals surface area contributed by atoms with Crippen molar-refractivity contribution in [3.05, 3.63) is 58.8 Å². The van der Waals surface area contributed by atoms with Crippen molar-refractivity contribution >= 4 is 11.0 Å². The first-order valence-electron chi connectivity index (χ1n) is 5.38. The average molecular weight is 225 g/mol. The van der Waals surface area contributed by atoms with Crippen molar-refractivity contribution in [1.82, 2.24) is 14.5 Å². The molecule has 1 aromatic carbocycles. The van der Waals surface area contributed by atoms with Gasteiger partial charge in [0, 0.05) is 6.20 Å². The Kier molecular flexibility index (Phi) is 2.08. The Morgan fingerprint density at radius 1 is 1.24 bits per heavy atom. The van der Waals surface area contributed by atoms with Crippen molar-refractivity contribution in [2.45, 2.75) is 6.92 Å². The Balaban J connectivity index is 2.45. The molecular formula is C13H11N3O. The standard InChI is InChI=1S/C13H11N3O/c1-9-4-2-6-11-12(9)16(13(17)15-11)10-5-3-7-14-8-10/h2-8H,1H3,(H,15,17). The lowest BCUT2D eigenvalue weighted by atomic mass is 10.2. The Hall–Kier alpha value is -2.36. The molecule has 0 saturated carbocycles. The molecule has 3 aromatic rings. The van der Waals surface area contributed by atoms with E-state index >= 15 is 0 Å². The van der Waals surface area contributed by atoms with Gasteiger partial charge >= 0.3 is 5.69 Å². The van der Waals surface area contributed by atoms with Gasteiger partial charge in [0.2, 0.25) is 0 Å². The maximum atomic E-state index is 12.0. The van der Waals surface area contributed by atoms with Crippen LogP contribution in [0.25, 0.3) is 16.7 Å². The third-order valence-electron chi connectivity index (χ3n) is 2.81. The second kappa shape index (κ2) is 3.59. The summed E-state index contributed by atoms with van der Waals surface area (Å²) in [6.07, 6.45) is 3.37. The van der Waals surface area contributed by atoms with Crippen LogP contribution in [0.2, 0.25) is 0 Å². The van der Waals surface area contributed by atoms with Crippen LogP contribution in [0.1, 0.15) is 5.56 Å². The van der Waals surface area contributed by atoms with Crippen LogP contribution in [0, 0.1) is 6.92 Å². The van der Waals surface area contributed by atoms with E-state index in [9.17, 15) is 4.79 Å². The van der Waals surface area contributed by atoms with Crippen LogP contribution in [0.3, 0.4) is 0 Å². The number of aromatic nitrogens is 3. The number of aromatic amines is 1. The molecule has 0 radical (unpaired) electrons. The summed E-state index contributed by atoms with van der Waals surface area (Å²) in [5, 5.41) is 0. The monoisotopic (exact) mass is 225 g/mol.